The summed E-state index contributed by atoms with van der Waals surface area (Å²) in [5.41, 5.74) is 0. The summed E-state index contributed by atoms with van der Waals surface area (Å²) in [6, 6.07) is 0. The predicted octanol–water partition coefficient (Wildman–Crippen LogP) is 1.43. The smallest absolute Gasteiger partial charge is 0.292 e. The highest BCUT2D eigenvalue weighted by Gasteiger charge is 2.80. The van der Waals surface area contributed by atoms with Crippen LogP contribution in [-0.4, -0.2) is 29.3 Å². The zero-order valence-corrected chi connectivity index (χ0v) is 6.29. The highest BCUT2D eigenvalue weighted by molar-refractivity contribution is 6.09. The number of hydrogen-bond donors (Lipinski definition) is 0. The first-order valence-corrected chi connectivity index (χ1v) is 3.25. The Balaban J connectivity index is 3.31. The minimum absolute atomic E-state index is 1.88. The third-order valence-electron chi connectivity index (χ3n) is 1.81. The van der Waals surface area contributed by atoms with Crippen molar-refractivity contribution in [1.82, 2.24) is 0 Å². The van der Waals surface area contributed by atoms with E-state index in [9.17, 15) is 35.9 Å². The summed E-state index contributed by atoms with van der Waals surface area (Å²) in [6.07, 6.45) is -1.88. The molecule has 0 aromatic carbocycles. The number of Topliss-reactive ketones (excluding diaryl/α,β-unsaturated/α-hetero) is 2. The van der Waals surface area contributed by atoms with Gasteiger partial charge in [-0.25, -0.2) is 0 Å². The average Bonchev–Trinajstić information content (AvgIpc) is 2.01. The summed E-state index contributed by atoms with van der Waals surface area (Å²) in [6.45, 7) is 0. The number of alkyl halides is 6. The summed E-state index contributed by atoms with van der Waals surface area (Å²) in [7, 11) is 0. The molecule has 0 saturated heterocycles. The van der Waals surface area contributed by atoms with Gasteiger partial charge in [-0.3, -0.25) is 9.59 Å². The molecule has 1 aliphatic rings. The Morgan fingerprint density at radius 3 is 1.36 bits per heavy atom. The first-order chi connectivity index (χ1) is 6.05. The molecule has 0 bridgehead atoms. The van der Waals surface area contributed by atoms with Crippen LogP contribution in [0.5, 0.6) is 0 Å². The van der Waals surface area contributed by atoms with Gasteiger partial charge in [-0.2, -0.15) is 26.3 Å². The average molecular weight is 220 g/mol. The van der Waals surface area contributed by atoms with Gasteiger partial charge in [0.05, 0.1) is 6.42 Å². The fraction of sp³-hybridized carbons (Fsp3) is 0.667. The van der Waals surface area contributed by atoms with Crippen LogP contribution >= 0.6 is 0 Å². The van der Waals surface area contributed by atoms with E-state index in [0.717, 1.165) is 0 Å². The van der Waals surface area contributed by atoms with Gasteiger partial charge in [0.1, 0.15) is 0 Å². The standard InChI is InChI=1S/C6H2F6O2/c7-4(8)2(13)1-3(14)5(9,10)6(4,11)12/h1H2. The molecule has 0 aromatic rings. The fourth-order valence-corrected chi connectivity index (χ4v) is 0.915. The fourth-order valence-electron chi connectivity index (χ4n) is 0.915. The van der Waals surface area contributed by atoms with Gasteiger partial charge >= 0.3 is 17.8 Å². The van der Waals surface area contributed by atoms with E-state index in [1.807, 2.05) is 0 Å². The van der Waals surface area contributed by atoms with Crippen molar-refractivity contribution in [3.05, 3.63) is 0 Å². The second kappa shape index (κ2) is 2.48. The largest absolute Gasteiger partial charge is 0.386 e. The summed E-state index contributed by atoms with van der Waals surface area (Å²) >= 11 is 0. The summed E-state index contributed by atoms with van der Waals surface area (Å²) in [5, 5.41) is 0. The summed E-state index contributed by atoms with van der Waals surface area (Å²) in [5.74, 6) is -21.9. The minimum Gasteiger partial charge on any atom is -0.292 e. The number of halogens is 6. The molecule has 2 nitrogen and oxygen atoms in total. The predicted molar refractivity (Wildman–Crippen MR) is 29.5 cm³/mol. The Labute approximate surface area is 72.9 Å². The summed E-state index contributed by atoms with van der Waals surface area (Å²) < 4.78 is 73.9. The van der Waals surface area contributed by atoms with Crippen LogP contribution < -0.4 is 0 Å². The van der Waals surface area contributed by atoms with E-state index in [-0.39, 0.29) is 0 Å². The third kappa shape index (κ3) is 0.992. The molecule has 0 N–H and O–H groups in total. The Kier molecular flexibility index (Phi) is 1.95. The molecule has 80 valence electrons. The van der Waals surface area contributed by atoms with Crippen LogP contribution in [0.2, 0.25) is 0 Å². The maximum atomic E-state index is 12.3. The molecule has 14 heavy (non-hydrogen) atoms. The van der Waals surface area contributed by atoms with Crippen LogP contribution in [0.1, 0.15) is 6.42 Å². The minimum atomic E-state index is -5.95. The van der Waals surface area contributed by atoms with Gasteiger partial charge in [0, 0.05) is 0 Å². The van der Waals surface area contributed by atoms with E-state index in [0.29, 0.717) is 0 Å². The summed E-state index contributed by atoms with van der Waals surface area (Å²) in [4.78, 5) is 20.5. The first-order valence-electron chi connectivity index (χ1n) is 3.25. The van der Waals surface area contributed by atoms with Gasteiger partial charge in [-0.05, 0) is 0 Å². The van der Waals surface area contributed by atoms with Crippen molar-refractivity contribution in [3.8, 4) is 0 Å². The molecule has 1 aliphatic carbocycles. The van der Waals surface area contributed by atoms with Crippen molar-refractivity contribution in [2.75, 3.05) is 0 Å². The van der Waals surface area contributed by atoms with Crippen LogP contribution in [-0.2, 0) is 9.59 Å². The molecule has 1 saturated carbocycles. The van der Waals surface area contributed by atoms with Crippen LogP contribution in [0.15, 0.2) is 0 Å². The SMILES string of the molecule is O=C1CC(=O)C(F)(F)C(F)(F)C1(F)F. The molecule has 0 spiro atoms. The van der Waals surface area contributed by atoms with Gasteiger partial charge in [0.2, 0.25) is 11.6 Å². The van der Waals surface area contributed by atoms with Gasteiger partial charge < -0.3 is 0 Å². The van der Waals surface area contributed by atoms with Crippen molar-refractivity contribution >= 4 is 11.6 Å². The van der Waals surface area contributed by atoms with E-state index in [2.05, 4.69) is 0 Å². The highest BCUT2D eigenvalue weighted by Crippen LogP contribution is 2.50. The molecule has 8 heteroatoms. The van der Waals surface area contributed by atoms with E-state index in [1.165, 1.54) is 0 Å². The van der Waals surface area contributed by atoms with Crippen LogP contribution in [0.25, 0.3) is 0 Å². The van der Waals surface area contributed by atoms with Crippen molar-refractivity contribution < 1.29 is 35.9 Å². The number of carbonyl (C=O) groups excluding carboxylic acids is 2. The highest BCUT2D eigenvalue weighted by atomic mass is 19.3. The molecular formula is C6H2F6O2. The van der Waals surface area contributed by atoms with Crippen LogP contribution in [0, 0.1) is 0 Å². The van der Waals surface area contributed by atoms with Gasteiger partial charge in [-0.1, -0.05) is 0 Å². The molecule has 0 unspecified atom stereocenters. The number of carbonyl (C=O) groups is 2. The lowest BCUT2D eigenvalue weighted by Crippen LogP contribution is -2.65. The number of ketones is 2. The Hall–Kier alpha value is -1.08. The Bertz CT molecular complexity index is 279. The lowest BCUT2D eigenvalue weighted by atomic mass is 9.87. The second-order valence-corrected chi connectivity index (χ2v) is 2.75. The number of hydrogen-bond acceptors (Lipinski definition) is 2. The van der Waals surface area contributed by atoms with Gasteiger partial charge in [-0.15, -0.1) is 0 Å². The van der Waals surface area contributed by atoms with E-state index >= 15 is 0 Å². The molecule has 1 rings (SSSR count). The topological polar surface area (TPSA) is 34.1 Å². The van der Waals surface area contributed by atoms with Crippen molar-refractivity contribution in [2.24, 2.45) is 0 Å². The second-order valence-electron chi connectivity index (χ2n) is 2.75. The van der Waals surface area contributed by atoms with Crippen LogP contribution in [0.3, 0.4) is 0 Å². The van der Waals surface area contributed by atoms with Crippen molar-refractivity contribution in [2.45, 2.75) is 24.2 Å². The Morgan fingerprint density at radius 1 is 0.786 bits per heavy atom. The first kappa shape index (κ1) is 11.0. The molecule has 0 aromatic heterocycles. The third-order valence-corrected chi connectivity index (χ3v) is 1.81. The molecule has 0 atom stereocenters. The van der Waals surface area contributed by atoms with E-state index < -0.39 is 35.8 Å². The molecule has 0 aliphatic heterocycles. The monoisotopic (exact) mass is 220 g/mol. The molecular weight excluding hydrogens is 218 g/mol. The lowest BCUT2D eigenvalue weighted by molar-refractivity contribution is -0.293. The van der Waals surface area contributed by atoms with Gasteiger partial charge in [0.25, 0.3) is 0 Å². The maximum Gasteiger partial charge on any atom is 0.386 e. The van der Waals surface area contributed by atoms with E-state index in [1.54, 1.807) is 0 Å². The molecule has 0 radical (unpaired) electrons. The van der Waals surface area contributed by atoms with E-state index in [4.69, 9.17) is 0 Å². The van der Waals surface area contributed by atoms with Gasteiger partial charge in [0.15, 0.2) is 0 Å². The zero-order valence-electron chi connectivity index (χ0n) is 6.29. The number of rotatable bonds is 0. The quantitative estimate of drug-likeness (QED) is 0.457. The lowest BCUT2D eigenvalue weighted by Gasteiger charge is -2.34. The molecule has 0 amide bonds. The Morgan fingerprint density at radius 2 is 1.07 bits per heavy atom. The zero-order chi connectivity index (χ0) is 11.4. The molecule has 1 fully saturated rings. The van der Waals surface area contributed by atoms with Crippen LogP contribution in [0.4, 0.5) is 26.3 Å². The normalized spacial score (nSPS) is 29.0. The maximum absolute atomic E-state index is 12.3. The van der Waals surface area contributed by atoms with Crippen molar-refractivity contribution in [1.29, 1.82) is 0 Å². The molecule has 0 heterocycles. The van der Waals surface area contributed by atoms with Crippen molar-refractivity contribution in [3.63, 3.8) is 0 Å².